The van der Waals surface area contributed by atoms with Crippen LogP contribution in [0.15, 0.2) is 72.8 Å². The number of hydrogen-bond acceptors (Lipinski definition) is 5. The van der Waals surface area contributed by atoms with E-state index in [0.29, 0.717) is 11.3 Å². The summed E-state index contributed by atoms with van der Waals surface area (Å²) >= 11 is 0. The average molecular weight is 451 g/mol. The maximum atomic E-state index is 14.0. The fraction of sp³-hybridized carbons (Fsp3) is 0.214. The van der Waals surface area contributed by atoms with Crippen molar-refractivity contribution in [1.29, 1.82) is 0 Å². The van der Waals surface area contributed by atoms with E-state index < -0.39 is 46.9 Å². The van der Waals surface area contributed by atoms with Crippen LogP contribution in [0.3, 0.4) is 0 Å². The smallest absolute Gasteiger partial charge is 0.241 e. The van der Waals surface area contributed by atoms with Gasteiger partial charge in [-0.1, -0.05) is 66.7 Å². The lowest BCUT2D eigenvalue weighted by atomic mass is 9.77. The number of carbonyl (C=O) groups is 4. The summed E-state index contributed by atoms with van der Waals surface area (Å²) in [5.41, 5.74) is 1.18. The summed E-state index contributed by atoms with van der Waals surface area (Å²) in [6.45, 7) is 3.71. The first-order valence-corrected chi connectivity index (χ1v) is 11.2. The molecule has 0 bridgehead atoms. The zero-order valence-electron chi connectivity index (χ0n) is 18.6. The second-order valence-corrected chi connectivity index (χ2v) is 9.19. The van der Waals surface area contributed by atoms with E-state index in [0.717, 1.165) is 16.0 Å². The summed E-state index contributed by atoms with van der Waals surface area (Å²) in [5, 5.41) is 0. The second-order valence-electron chi connectivity index (χ2n) is 9.19. The summed E-state index contributed by atoms with van der Waals surface area (Å²) in [7, 11) is 0. The van der Waals surface area contributed by atoms with Gasteiger partial charge in [-0.3, -0.25) is 19.2 Å². The number of fused-ring (bicyclic) bond motifs is 3. The Morgan fingerprint density at radius 3 is 2.03 bits per heavy atom. The summed E-state index contributed by atoms with van der Waals surface area (Å²) in [6.07, 6.45) is -0.903. The largest absolute Gasteiger partial charge is 0.349 e. The Labute approximate surface area is 196 Å². The number of amides is 2. The van der Waals surface area contributed by atoms with Gasteiger partial charge < -0.3 is 4.74 Å². The van der Waals surface area contributed by atoms with Gasteiger partial charge >= 0.3 is 0 Å². The number of ketones is 2. The highest BCUT2D eigenvalue weighted by molar-refractivity contribution is 6.37. The van der Waals surface area contributed by atoms with Crippen molar-refractivity contribution < 1.29 is 23.9 Å². The SMILES string of the molecule is Cc1ccc(C)c(N2C(=O)C3C(c4ccccc4)OC4(C(=O)c5ccccc5C4=O)C3C2=O)c1. The molecule has 6 heteroatoms. The molecule has 1 spiro atoms. The first kappa shape index (κ1) is 20.7. The Morgan fingerprint density at radius 1 is 0.765 bits per heavy atom. The Balaban J connectivity index is 1.57. The van der Waals surface area contributed by atoms with Crippen LogP contribution in [0.5, 0.6) is 0 Å². The number of carbonyl (C=O) groups excluding carboxylic acids is 4. The fourth-order valence-electron chi connectivity index (χ4n) is 5.66. The summed E-state index contributed by atoms with van der Waals surface area (Å²) in [6, 6.07) is 21.0. The molecule has 6 nitrogen and oxygen atoms in total. The van der Waals surface area contributed by atoms with E-state index in [2.05, 4.69) is 0 Å². The molecule has 1 aliphatic carbocycles. The average Bonchev–Trinajstić information content (AvgIpc) is 3.41. The van der Waals surface area contributed by atoms with E-state index in [1.165, 1.54) is 0 Å². The molecule has 168 valence electrons. The normalized spacial score (nSPS) is 24.8. The predicted molar refractivity (Wildman–Crippen MR) is 123 cm³/mol. The Morgan fingerprint density at radius 2 is 1.38 bits per heavy atom. The van der Waals surface area contributed by atoms with Gasteiger partial charge in [0.1, 0.15) is 0 Å². The monoisotopic (exact) mass is 451 g/mol. The summed E-state index contributed by atoms with van der Waals surface area (Å²) < 4.78 is 6.28. The lowest BCUT2D eigenvalue weighted by Crippen LogP contribution is -2.51. The molecule has 6 rings (SSSR count). The van der Waals surface area contributed by atoms with E-state index >= 15 is 0 Å². The first-order valence-electron chi connectivity index (χ1n) is 11.2. The molecule has 0 radical (unpaired) electrons. The maximum absolute atomic E-state index is 14.0. The highest BCUT2D eigenvalue weighted by Crippen LogP contribution is 2.57. The number of ether oxygens (including phenoxy) is 1. The molecule has 3 aromatic rings. The van der Waals surface area contributed by atoms with Crippen LogP contribution < -0.4 is 4.90 Å². The van der Waals surface area contributed by atoms with Gasteiger partial charge in [-0.25, -0.2) is 4.90 Å². The van der Waals surface area contributed by atoms with Crippen molar-refractivity contribution in [3.63, 3.8) is 0 Å². The van der Waals surface area contributed by atoms with Crippen LogP contribution in [0.1, 0.15) is 43.5 Å². The number of aryl methyl sites for hydroxylation is 2. The van der Waals surface area contributed by atoms with E-state index in [4.69, 9.17) is 4.74 Å². The van der Waals surface area contributed by atoms with Crippen molar-refractivity contribution >= 4 is 29.1 Å². The molecule has 2 aliphatic heterocycles. The molecular weight excluding hydrogens is 430 g/mol. The van der Waals surface area contributed by atoms with Gasteiger partial charge in [-0.05, 0) is 36.6 Å². The van der Waals surface area contributed by atoms with Crippen molar-refractivity contribution in [2.45, 2.75) is 25.6 Å². The molecule has 2 heterocycles. The van der Waals surface area contributed by atoms with Crippen LogP contribution in [-0.4, -0.2) is 29.0 Å². The number of rotatable bonds is 2. The van der Waals surface area contributed by atoms with Gasteiger partial charge in [0.25, 0.3) is 0 Å². The van der Waals surface area contributed by atoms with Crippen molar-refractivity contribution in [2.75, 3.05) is 4.90 Å². The summed E-state index contributed by atoms with van der Waals surface area (Å²) in [5.74, 6) is -4.35. The van der Waals surface area contributed by atoms with Gasteiger partial charge in [-0.15, -0.1) is 0 Å². The van der Waals surface area contributed by atoms with E-state index in [1.54, 1.807) is 54.6 Å². The molecule has 0 aromatic heterocycles. The molecule has 2 fully saturated rings. The third kappa shape index (κ3) is 2.49. The minimum atomic E-state index is -2.05. The molecule has 2 saturated heterocycles. The van der Waals surface area contributed by atoms with Crippen molar-refractivity contribution in [3.05, 3.63) is 101 Å². The van der Waals surface area contributed by atoms with Crippen molar-refractivity contribution in [1.82, 2.24) is 0 Å². The van der Waals surface area contributed by atoms with Crippen LogP contribution in [-0.2, 0) is 14.3 Å². The van der Waals surface area contributed by atoms with Crippen LogP contribution >= 0.6 is 0 Å². The second kappa shape index (κ2) is 7.05. The van der Waals surface area contributed by atoms with Gasteiger partial charge in [0, 0.05) is 11.1 Å². The van der Waals surface area contributed by atoms with Crippen LogP contribution in [0.2, 0.25) is 0 Å². The number of anilines is 1. The van der Waals surface area contributed by atoms with Gasteiger partial charge in [0.05, 0.1) is 23.6 Å². The van der Waals surface area contributed by atoms with Gasteiger partial charge in [0.2, 0.25) is 29.0 Å². The predicted octanol–water partition coefficient (Wildman–Crippen LogP) is 4.00. The standard InChI is InChI=1S/C28H21NO5/c1-15-12-13-16(2)20(14-15)29-26(32)21-22(27(29)33)28(34-23(21)17-8-4-3-5-9-17)24(30)18-10-6-7-11-19(18)25(28)31/h3-14,21-23H,1-2H3. The van der Waals surface area contributed by atoms with Crippen LogP contribution in [0, 0.1) is 25.7 Å². The van der Waals surface area contributed by atoms with E-state index in [-0.39, 0.29) is 11.1 Å². The molecule has 3 aromatic carbocycles. The third-order valence-electron chi connectivity index (χ3n) is 7.25. The minimum absolute atomic E-state index is 0.227. The summed E-state index contributed by atoms with van der Waals surface area (Å²) in [4.78, 5) is 56.5. The molecule has 34 heavy (non-hydrogen) atoms. The third-order valence-corrected chi connectivity index (χ3v) is 7.25. The van der Waals surface area contributed by atoms with Crippen LogP contribution in [0.4, 0.5) is 5.69 Å². The molecule has 0 saturated carbocycles. The highest BCUT2D eigenvalue weighted by Gasteiger charge is 2.74. The fourth-order valence-corrected chi connectivity index (χ4v) is 5.66. The maximum Gasteiger partial charge on any atom is 0.241 e. The number of hydrogen-bond donors (Lipinski definition) is 0. The Kier molecular flexibility index (Phi) is 4.29. The van der Waals surface area contributed by atoms with Crippen molar-refractivity contribution in [2.24, 2.45) is 11.8 Å². The van der Waals surface area contributed by atoms with Crippen LogP contribution in [0.25, 0.3) is 0 Å². The topological polar surface area (TPSA) is 80.8 Å². The van der Waals surface area contributed by atoms with Crippen molar-refractivity contribution in [3.8, 4) is 0 Å². The van der Waals surface area contributed by atoms with Gasteiger partial charge in [0.15, 0.2) is 0 Å². The Bertz CT molecular complexity index is 1370. The molecular formula is C28H21NO5. The zero-order chi connectivity index (χ0) is 23.8. The van der Waals surface area contributed by atoms with E-state index in [9.17, 15) is 19.2 Å². The number of benzene rings is 3. The molecule has 2 amide bonds. The Hall–Kier alpha value is -3.90. The number of Topliss-reactive ketones (excluding diaryl/α,β-unsaturated/α-hetero) is 2. The first-order chi connectivity index (χ1) is 16.4. The molecule has 3 atom stereocenters. The van der Waals surface area contributed by atoms with Gasteiger partial charge in [-0.2, -0.15) is 0 Å². The molecule has 3 aliphatic rings. The lowest BCUT2D eigenvalue weighted by molar-refractivity contribution is -0.127. The highest BCUT2D eigenvalue weighted by atomic mass is 16.5. The lowest BCUT2D eigenvalue weighted by Gasteiger charge is -2.27. The quantitative estimate of drug-likeness (QED) is 0.435. The molecule has 0 N–H and O–H groups in total. The van der Waals surface area contributed by atoms with E-state index in [1.807, 2.05) is 32.0 Å². The molecule has 3 unspecified atom stereocenters. The zero-order valence-corrected chi connectivity index (χ0v) is 18.6. The minimum Gasteiger partial charge on any atom is -0.349 e. The number of nitrogens with zero attached hydrogens (tertiary/aromatic N) is 1. The number of imide groups is 1.